The molecule has 35 heavy (non-hydrogen) atoms. The van der Waals surface area contributed by atoms with Crippen LogP contribution < -0.4 is 0 Å². The van der Waals surface area contributed by atoms with Gasteiger partial charge < -0.3 is 19.6 Å². The molecule has 7 nitrogen and oxygen atoms in total. The quantitative estimate of drug-likeness (QED) is 0.187. The second-order valence-corrected chi connectivity index (χ2v) is 13.8. The van der Waals surface area contributed by atoms with E-state index in [0.29, 0.717) is 19.4 Å². The molecule has 3 saturated heterocycles. The molecule has 1 spiro atoms. The molecule has 0 aliphatic carbocycles. The van der Waals surface area contributed by atoms with Gasteiger partial charge in [0.15, 0.2) is 0 Å². The van der Waals surface area contributed by atoms with Gasteiger partial charge in [0, 0.05) is 22.2 Å². The third-order valence-corrected chi connectivity index (χ3v) is 10.7. The Labute approximate surface area is 221 Å². The first-order chi connectivity index (χ1) is 16.4. The Bertz CT molecular complexity index is 874. The van der Waals surface area contributed by atoms with Gasteiger partial charge >= 0.3 is 5.97 Å². The van der Waals surface area contributed by atoms with Gasteiger partial charge in [-0.2, -0.15) is 0 Å². The fourth-order valence-electron chi connectivity index (χ4n) is 5.90. The van der Waals surface area contributed by atoms with Crippen molar-refractivity contribution in [2.75, 3.05) is 19.8 Å². The molecule has 0 saturated carbocycles. The van der Waals surface area contributed by atoms with Crippen LogP contribution >= 0.6 is 27.7 Å². The molecule has 196 valence electrons. The van der Waals surface area contributed by atoms with Crippen LogP contribution in [-0.4, -0.2) is 84.9 Å². The molecule has 3 fully saturated rings. The summed E-state index contributed by atoms with van der Waals surface area (Å²) in [7, 11) is 0. The number of fused-ring (bicyclic) bond motifs is 1. The minimum atomic E-state index is -0.792. The fraction of sp³-hybridized carbons (Fsp3) is 0.731. The summed E-state index contributed by atoms with van der Waals surface area (Å²) in [5.74, 6) is -2.19. The number of hydrogen-bond donors (Lipinski definition) is 1. The Morgan fingerprint density at radius 3 is 2.51 bits per heavy atom. The zero-order chi connectivity index (χ0) is 26.3. The maximum absolute atomic E-state index is 14.3. The molecule has 0 radical (unpaired) electrons. The standard InChI is InChI=1S/C26H39BrN2O5S/c1-8-10-12-34-24(33)18-19-22(31)29(17(14-30)15(3)4)21(26(19)13-16(27)20(18)35-26)23(32)28(11-9-2)25(5,6)7/h8-9,15-21,30H,1-2,10-14H2,3-7H3/t16?,17-,18+,19-,20+,21?,26?/m0/s1. The van der Waals surface area contributed by atoms with Gasteiger partial charge in [-0.25, -0.2) is 0 Å². The van der Waals surface area contributed by atoms with Gasteiger partial charge in [-0.15, -0.1) is 24.9 Å². The number of esters is 1. The van der Waals surface area contributed by atoms with Crippen LogP contribution in [0, 0.1) is 17.8 Å². The topological polar surface area (TPSA) is 87.2 Å². The monoisotopic (exact) mass is 570 g/mol. The largest absolute Gasteiger partial charge is 0.465 e. The summed E-state index contributed by atoms with van der Waals surface area (Å²) in [6, 6.07) is -1.33. The molecule has 3 aliphatic rings. The van der Waals surface area contributed by atoms with E-state index in [2.05, 4.69) is 29.1 Å². The Morgan fingerprint density at radius 1 is 1.34 bits per heavy atom. The molecular weight excluding hydrogens is 532 g/mol. The molecular formula is C26H39BrN2O5S. The molecule has 3 heterocycles. The van der Waals surface area contributed by atoms with Crippen molar-refractivity contribution in [1.29, 1.82) is 0 Å². The number of aliphatic hydroxyl groups is 1. The van der Waals surface area contributed by atoms with Crippen LogP contribution in [-0.2, 0) is 19.1 Å². The Hall–Kier alpha value is -1.32. The van der Waals surface area contributed by atoms with E-state index in [1.807, 2.05) is 34.6 Å². The van der Waals surface area contributed by atoms with Crippen molar-refractivity contribution in [3.63, 3.8) is 0 Å². The van der Waals surface area contributed by atoms with Crippen LogP contribution in [0.15, 0.2) is 25.3 Å². The van der Waals surface area contributed by atoms with Gasteiger partial charge in [0.1, 0.15) is 6.04 Å². The number of carbonyl (C=O) groups excluding carboxylic acids is 3. The number of halogens is 1. The molecule has 0 aromatic heterocycles. The number of nitrogens with zero attached hydrogens (tertiary/aromatic N) is 2. The van der Waals surface area contributed by atoms with Crippen molar-refractivity contribution >= 4 is 45.5 Å². The van der Waals surface area contributed by atoms with Crippen LogP contribution in [0.1, 0.15) is 47.5 Å². The maximum Gasteiger partial charge on any atom is 0.310 e. The molecule has 3 rings (SSSR count). The van der Waals surface area contributed by atoms with E-state index in [4.69, 9.17) is 4.74 Å². The Morgan fingerprint density at radius 2 is 2.00 bits per heavy atom. The number of likely N-dealkylation sites (tertiary alicyclic amines) is 1. The van der Waals surface area contributed by atoms with Gasteiger partial charge in [-0.1, -0.05) is 41.9 Å². The highest BCUT2D eigenvalue weighted by Crippen LogP contribution is 2.68. The minimum absolute atomic E-state index is 0.0297. The molecule has 2 bridgehead atoms. The molecule has 7 atom stereocenters. The Balaban J connectivity index is 2.13. The van der Waals surface area contributed by atoms with Gasteiger partial charge in [0.2, 0.25) is 11.8 Å². The number of rotatable bonds is 10. The number of hydrogen-bond acceptors (Lipinski definition) is 6. The molecule has 0 aromatic rings. The second kappa shape index (κ2) is 10.6. The highest BCUT2D eigenvalue weighted by Gasteiger charge is 2.77. The lowest BCUT2D eigenvalue weighted by molar-refractivity contribution is -0.154. The summed E-state index contributed by atoms with van der Waals surface area (Å²) >= 11 is 5.34. The molecule has 3 aliphatic heterocycles. The number of thioether (sulfide) groups is 1. The zero-order valence-electron chi connectivity index (χ0n) is 21.4. The summed E-state index contributed by atoms with van der Waals surface area (Å²) in [5.41, 5.74) is -0.501. The number of aliphatic hydroxyl groups excluding tert-OH is 1. The van der Waals surface area contributed by atoms with Crippen LogP contribution in [0.5, 0.6) is 0 Å². The lowest BCUT2D eigenvalue weighted by Gasteiger charge is -2.44. The van der Waals surface area contributed by atoms with Crippen molar-refractivity contribution in [3.05, 3.63) is 25.3 Å². The van der Waals surface area contributed by atoms with E-state index in [0.717, 1.165) is 0 Å². The first-order valence-corrected chi connectivity index (χ1v) is 14.1. The average molecular weight is 572 g/mol. The lowest BCUT2D eigenvalue weighted by atomic mass is 9.71. The van der Waals surface area contributed by atoms with Crippen LogP contribution in [0.25, 0.3) is 0 Å². The SMILES string of the molecule is C=CCCOC(=O)[C@H]1[C@@H]2SC3(CC2Br)C(C(=O)N(CC=C)C(C)(C)C)N([C@@H](CO)C(C)C)C(=O)[C@H]13. The van der Waals surface area contributed by atoms with Crippen LogP contribution in [0.4, 0.5) is 0 Å². The summed E-state index contributed by atoms with van der Waals surface area (Å²) in [6.45, 7) is 17.6. The molecule has 9 heteroatoms. The third kappa shape index (κ3) is 4.73. The highest BCUT2D eigenvalue weighted by atomic mass is 79.9. The average Bonchev–Trinajstić information content (AvgIpc) is 3.35. The van der Waals surface area contributed by atoms with Crippen molar-refractivity contribution in [2.45, 2.75) is 79.9 Å². The number of alkyl halides is 1. The molecule has 1 N–H and O–H groups in total. The summed E-state index contributed by atoms with van der Waals surface area (Å²) in [4.78, 5) is 45.1. The van der Waals surface area contributed by atoms with Crippen LogP contribution in [0.3, 0.4) is 0 Å². The smallest absolute Gasteiger partial charge is 0.310 e. The number of ether oxygens (including phenoxy) is 1. The predicted molar refractivity (Wildman–Crippen MR) is 142 cm³/mol. The predicted octanol–water partition coefficient (Wildman–Crippen LogP) is 3.40. The molecule has 0 aromatic carbocycles. The second-order valence-electron chi connectivity index (χ2n) is 11.1. The normalized spacial score (nSPS) is 32.5. The Kier molecular flexibility index (Phi) is 8.54. The summed E-state index contributed by atoms with van der Waals surface area (Å²) < 4.78 is 4.78. The van der Waals surface area contributed by atoms with Gasteiger partial charge in [-0.05, 0) is 39.5 Å². The maximum atomic E-state index is 14.3. The van der Waals surface area contributed by atoms with E-state index in [1.54, 1.807) is 33.7 Å². The number of carbonyl (C=O) groups is 3. The van der Waals surface area contributed by atoms with Crippen molar-refractivity contribution in [2.24, 2.45) is 17.8 Å². The third-order valence-electron chi connectivity index (χ3n) is 7.50. The first-order valence-electron chi connectivity index (χ1n) is 12.3. The van der Waals surface area contributed by atoms with E-state index in [9.17, 15) is 19.5 Å². The van der Waals surface area contributed by atoms with E-state index in [-0.39, 0.29) is 41.0 Å². The van der Waals surface area contributed by atoms with Gasteiger partial charge in [0.25, 0.3) is 0 Å². The molecule has 3 unspecified atom stereocenters. The summed E-state index contributed by atoms with van der Waals surface area (Å²) in [6.07, 6.45) is 4.50. The molecule has 2 amide bonds. The van der Waals surface area contributed by atoms with Gasteiger partial charge in [-0.3, -0.25) is 14.4 Å². The van der Waals surface area contributed by atoms with Crippen LogP contribution in [0.2, 0.25) is 0 Å². The van der Waals surface area contributed by atoms with Crippen molar-refractivity contribution < 1.29 is 24.2 Å². The summed E-state index contributed by atoms with van der Waals surface area (Å²) in [5, 5.41) is 10.2. The minimum Gasteiger partial charge on any atom is -0.465 e. The van der Waals surface area contributed by atoms with E-state index >= 15 is 0 Å². The highest BCUT2D eigenvalue weighted by molar-refractivity contribution is 9.09. The van der Waals surface area contributed by atoms with Crippen molar-refractivity contribution in [3.8, 4) is 0 Å². The first kappa shape index (κ1) is 28.3. The van der Waals surface area contributed by atoms with Gasteiger partial charge in [0.05, 0.1) is 35.8 Å². The zero-order valence-corrected chi connectivity index (χ0v) is 23.8. The van der Waals surface area contributed by atoms with Crippen molar-refractivity contribution in [1.82, 2.24) is 9.80 Å². The fourth-order valence-corrected chi connectivity index (χ4v) is 9.48. The van der Waals surface area contributed by atoms with E-state index in [1.165, 1.54) is 0 Å². The lowest BCUT2D eigenvalue weighted by Crippen LogP contribution is -2.61. The number of amides is 2. The van der Waals surface area contributed by atoms with E-state index < -0.39 is 40.2 Å².